The third-order valence-electron chi connectivity index (χ3n) is 8.09. The fraction of sp³-hybridized carbons (Fsp3) is 0.0714. The average molecular weight is 586 g/mol. The van der Waals surface area contributed by atoms with Crippen LogP contribution in [0.4, 0.5) is 0 Å². The number of fused-ring (bicyclic) bond motifs is 6. The third-order valence-corrected chi connectivity index (χ3v) is 8.09. The molecule has 0 fully saturated rings. The molecular formula is C42H39N3. The van der Waals surface area contributed by atoms with Gasteiger partial charge in [-0.05, 0) is 78.2 Å². The molecule has 0 atom stereocenters. The molecule has 5 aromatic carbocycles. The molecule has 0 saturated carbocycles. The number of allylic oxidation sites excluding steroid dienone is 9. The number of hydrogen-bond donors (Lipinski definition) is 2. The van der Waals surface area contributed by atoms with E-state index in [1.807, 2.05) is 44.2 Å². The number of benzene rings is 5. The van der Waals surface area contributed by atoms with Gasteiger partial charge in [0.25, 0.3) is 0 Å². The number of nitrogens with two attached hydrogens (primary N) is 1. The molecule has 0 aliphatic carbocycles. The Morgan fingerprint density at radius 3 is 2.33 bits per heavy atom. The molecule has 3 heteroatoms. The van der Waals surface area contributed by atoms with Crippen molar-refractivity contribution in [3.05, 3.63) is 170 Å². The second kappa shape index (κ2) is 14.2. The number of nitrogens with zero attached hydrogens (tertiary/aromatic N) is 1. The lowest BCUT2D eigenvalue weighted by Gasteiger charge is -2.14. The maximum atomic E-state index is 7.87. The van der Waals surface area contributed by atoms with E-state index >= 15 is 0 Å². The zero-order valence-corrected chi connectivity index (χ0v) is 26.0. The van der Waals surface area contributed by atoms with E-state index in [0.29, 0.717) is 0 Å². The summed E-state index contributed by atoms with van der Waals surface area (Å²) in [6.07, 6.45) is 17.2. The van der Waals surface area contributed by atoms with Gasteiger partial charge in [-0.1, -0.05) is 128 Å². The quantitative estimate of drug-likeness (QED) is 0.135. The Morgan fingerprint density at radius 2 is 1.60 bits per heavy atom. The molecule has 45 heavy (non-hydrogen) atoms. The molecule has 0 unspecified atom stereocenters. The molecule has 0 spiro atoms. The summed E-state index contributed by atoms with van der Waals surface area (Å²) in [7, 11) is 0. The summed E-state index contributed by atoms with van der Waals surface area (Å²) < 4.78 is 2.43. The van der Waals surface area contributed by atoms with Crippen molar-refractivity contribution in [3.63, 3.8) is 0 Å². The summed E-state index contributed by atoms with van der Waals surface area (Å²) in [5.41, 5.74) is 13.3. The Hall–Kier alpha value is -5.67. The zero-order chi connectivity index (χ0) is 31.8. The molecule has 0 bridgehead atoms. The smallest absolute Gasteiger partial charge is 0.0619 e. The minimum atomic E-state index is 0.823. The maximum absolute atomic E-state index is 7.87. The van der Waals surface area contributed by atoms with Crippen LogP contribution < -0.4 is 5.73 Å². The third kappa shape index (κ3) is 6.34. The van der Waals surface area contributed by atoms with Crippen LogP contribution in [0.5, 0.6) is 0 Å². The molecule has 0 saturated heterocycles. The highest BCUT2D eigenvalue weighted by Gasteiger charge is 2.17. The molecule has 1 heterocycles. The van der Waals surface area contributed by atoms with Gasteiger partial charge >= 0.3 is 0 Å². The highest BCUT2D eigenvalue weighted by atomic mass is 15.0. The Balaban J connectivity index is 0.000000609. The van der Waals surface area contributed by atoms with Gasteiger partial charge in [-0.25, -0.2) is 0 Å². The fourth-order valence-corrected chi connectivity index (χ4v) is 5.66. The van der Waals surface area contributed by atoms with Crippen LogP contribution in [0, 0.1) is 5.41 Å². The first-order valence-corrected chi connectivity index (χ1v) is 15.1. The standard InChI is InChI=1S/C36H29N3.C6H10/c1-2-9-29(24-38)27-16-19-31-28(23-27)17-20-33-32-18-15-25(10-4-3-7-21-37)22-35(32)39(36(31)33)34-14-8-12-26-11-5-6-13-30(26)34;1-4-6(3)5-2/h2-9,11-24,38H,1,10,37H2;4-5H,1H2,2-3H3/b4-3-,21-7-,29-9+,38-24?;6-5-. The number of rotatable bonds is 8. The van der Waals surface area contributed by atoms with Crippen molar-refractivity contribution in [2.24, 2.45) is 5.73 Å². The van der Waals surface area contributed by atoms with Gasteiger partial charge in [0.05, 0.1) is 16.7 Å². The Bertz CT molecular complexity index is 2160. The van der Waals surface area contributed by atoms with Crippen molar-refractivity contribution < 1.29 is 0 Å². The predicted octanol–water partition coefficient (Wildman–Crippen LogP) is 11.0. The largest absolute Gasteiger partial charge is 0.405 e. The first-order chi connectivity index (χ1) is 22.0. The molecule has 3 nitrogen and oxygen atoms in total. The molecule has 0 aliphatic heterocycles. The van der Waals surface area contributed by atoms with E-state index in [4.69, 9.17) is 11.1 Å². The second-order valence-electron chi connectivity index (χ2n) is 10.8. The highest BCUT2D eigenvalue weighted by molar-refractivity contribution is 6.20. The van der Waals surface area contributed by atoms with Crippen molar-refractivity contribution in [1.82, 2.24) is 4.57 Å². The summed E-state index contributed by atoms with van der Waals surface area (Å²) in [5, 5.41) is 15.1. The van der Waals surface area contributed by atoms with Crippen molar-refractivity contribution in [1.29, 1.82) is 5.41 Å². The fourth-order valence-electron chi connectivity index (χ4n) is 5.66. The Kier molecular flexibility index (Phi) is 9.71. The molecule has 3 N–H and O–H groups in total. The van der Waals surface area contributed by atoms with Gasteiger partial charge in [0.15, 0.2) is 0 Å². The van der Waals surface area contributed by atoms with Gasteiger partial charge in [0, 0.05) is 27.8 Å². The van der Waals surface area contributed by atoms with E-state index in [1.165, 1.54) is 55.3 Å². The summed E-state index contributed by atoms with van der Waals surface area (Å²) in [4.78, 5) is 0. The van der Waals surface area contributed by atoms with Crippen LogP contribution in [0.2, 0.25) is 0 Å². The summed E-state index contributed by atoms with van der Waals surface area (Å²) in [6, 6.07) is 32.8. The summed E-state index contributed by atoms with van der Waals surface area (Å²) in [5.74, 6) is 0. The second-order valence-corrected chi connectivity index (χ2v) is 10.8. The normalized spacial score (nSPS) is 12.3. The lowest BCUT2D eigenvalue weighted by molar-refractivity contribution is 1.19. The number of nitrogens with one attached hydrogen (secondary N) is 1. The molecule has 1 aromatic heterocycles. The van der Waals surface area contributed by atoms with E-state index < -0.39 is 0 Å². The molecule has 222 valence electrons. The van der Waals surface area contributed by atoms with Crippen LogP contribution in [0.15, 0.2) is 158 Å². The predicted molar refractivity (Wildman–Crippen MR) is 199 cm³/mol. The lowest BCUT2D eigenvalue weighted by atomic mass is 9.99. The first-order valence-electron chi connectivity index (χ1n) is 15.1. The van der Waals surface area contributed by atoms with E-state index in [9.17, 15) is 0 Å². The van der Waals surface area contributed by atoms with Gasteiger partial charge < -0.3 is 15.7 Å². The average Bonchev–Trinajstić information content (AvgIpc) is 3.42. The van der Waals surface area contributed by atoms with Crippen LogP contribution in [-0.4, -0.2) is 10.8 Å². The lowest BCUT2D eigenvalue weighted by Crippen LogP contribution is -1.97. The van der Waals surface area contributed by atoms with Crippen LogP contribution in [0.3, 0.4) is 0 Å². The van der Waals surface area contributed by atoms with Crippen LogP contribution in [-0.2, 0) is 6.42 Å². The van der Waals surface area contributed by atoms with Crippen molar-refractivity contribution in [2.75, 3.05) is 0 Å². The van der Waals surface area contributed by atoms with Gasteiger partial charge in [-0.15, -0.1) is 0 Å². The summed E-state index contributed by atoms with van der Waals surface area (Å²) >= 11 is 0. The van der Waals surface area contributed by atoms with E-state index in [2.05, 4.69) is 115 Å². The maximum Gasteiger partial charge on any atom is 0.0619 e. The van der Waals surface area contributed by atoms with Gasteiger partial charge in [-0.3, -0.25) is 0 Å². The van der Waals surface area contributed by atoms with Crippen molar-refractivity contribution in [2.45, 2.75) is 20.3 Å². The monoisotopic (exact) mass is 585 g/mol. The number of hydrogen-bond acceptors (Lipinski definition) is 2. The molecule has 0 radical (unpaired) electrons. The Labute approximate surface area is 265 Å². The van der Waals surface area contributed by atoms with E-state index in [1.54, 1.807) is 12.3 Å². The topological polar surface area (TPSA) is 54.8 Å². The van der Waals surface area contributed by atoms with E-state index in [-0.39, 0.29) is 0 Å². The van der Waals surface area contributed by atoms with Crippen molar-refractivity contribution in [3.8, 4) is 5.69 Å². The van der Waals surface area contributed by atoms with E-state index in [0.717, 1.165) is 28.6 Å². The SMILES string of the molecule is C=C/C(C)=C\C.C=C/C=C(\C=N)c1ccc2c(ccc3c4ccc(C/C=C\C=C/N)cc4n(-c4cccc5ccccc45)c23)c1. The zero-order valence-electron chi connectivity index (χ0n) is 26.0. The molecular weight excluding hydrogens is 546 g/mol. The van der Waals surface area contributed by atoms with Crippen LogP contribution in [0.1, 0.15) is 25.0 Å². The Morgan fingerprint density at radius 1 is 0.822 bits per heavy atom. The minimum Gasteiger partial charge on any atom is -0.405 e. The van der Waals surface area contributed by atoms with Crippen LogP contribution in [0.25, 0.3) is 54.6 Å². The van der Waals surface area contributed by atoms with Crippen molar-refractivity contribution >= 4 is 55.1 Å². The molecule has 0 amide bonds. The van der Waals surface area contributed by atoms with Gasteiger partial charge in [0.1, 0.15) is 0 Å². The summed E-state index contributed by atoms with van der Waals surface area (Å²) in [6.45, 7) is 11.4. The van der Waals surface area contributed by atoms with Gasteiger partial charge in [0.2, 0.25) is 0 Å². The number of aromatic nitrogens is 1. The van der Waals surface area contributed by atoms with Crippen LogP contribution >= 0.6 is 0 Å². The highest BCUT2D eigenvalue weighted by Crippen LogP contribution is 2.39. The molecule has 0 aliphatic rings. The molecule has 6 aromatic rings. The first kappa shape index (κ1) is 30.8. The van der Waals surface area contributed by atoms with Gasteiger partial charge in [-0.2, -0.15) is 0 Å². The minimum absolute atomic E-state index is 0.823. The molecule has 6 rings (SSSR count).